The zero-order valence-electron chi connectivity index (χ0n) is 17.5. The Morgan fingerprint density at radius 1 is 1.24 bits per heavy atom. The molecule has 1 aromatic carbocycles. The first-order valence-corrected chi connectivity index (χ1v) is 10.2. The second kappa shape index (κ2) is 9.13. The third-order valence-corrected chi connectivity index (χ3v) is 5.34. The first-order chi connectivity index (χ1) is 15.8. The van der Waals surface area contributed by atoms with Gasteiger partial charge in [-0.1, -0.05) is 36.3 Å². The molecule has 1 unspecified atom stereocenters. The minimum absolute atomic E-state index is 0.0367. The van der Waals surface area contributed by atoms with Gasteiger partial charge in [-0.25, -0.2) is 9.48 Å². The Morgan fingerprint density at radius 3 is 2.58 bits per heavy atom. The van der Waals surface area contributed by atoms with Gasteiger partial charge in [0.05, 0.1) is 6.20 Å². The number of alkyl halides is 3. The van der Waals surface area contributed by atoms with Crippen molar-refractivity contribution in [3.63, 3.8) is 0 Å². The molecule has 9 nitrogen and oxygen atoms in total. The number of fused-ring (bicyclic) bond motifs is 1. The Balaban J connectivity index is 1.84. The molecule has 2 aromatic rings. The molecule has 0 amide bonds. The number of terminal acetylenes is 1. The maximum Gasteiger partial charge on any atom is 0.493 e. The van der Waals surface area contributed by atoms with Crippen molar-refractivity contribution in [3.8, 4) is 12.3 Å². The maximum absolute atomic E-state index is 13.3. The number of nitrogens with zero attached hydrogens (tertiary/aromatic N) is 5. The van der Waals surface area contributed by atoms with E-state index in [9.17, 15) is 22.8 Å². The fraction of sp³-hybridized carbons (Fsp3) is 0.381. The summed E-state index contributed by atoms with van der Waals surface area (Å²) >= 11 is 0. The molecule has 1 N–H and O–H groups in total. The van der Waals surface area contributed by atoms with Gasteiger partial charge in [-0.05, 0) is 5.56 Å². The van der Waals surface area contributed by atoms with Crippen LogP contribution in [0, 0.1) is 12.3 Å². The largest absolute Gasteiger partial charge is 0.493 e. The summed E-state index contributed by atoms with van der Waals surface area (Å²) < 4.78 is 40.3. The van der Waals surface area contributed by atoms with Crippen LogP contribution in [0.5, 0.6) is 0 Å². The van der Waals surface area contributed by atoms with Gasteiger partial charge in [0.25, 0.3) is 5.56 Å². The van der Waals surface area contributed by atoms with Gasteiger partial charge in [-0.15, -0.1) is 6.42 Å². The van der Waals surface area contributed by atoms with Crippen molar-refractivity contribution in [3.05, 3.63) is 52.4 Å². The van der Waals surface area contributed by atoms with Crippen molar-refractivity contribution in [2.24, 2.45) is 0 Å². The highest BCUT2D eigenvalue weighted by molar-refractivity contribution is 5.80. The number of piperazine rings is 1. The van der Waals surface area contributed by atoms with Crippen LogP contribution in [0.15, 0.2) is 41.3 Å². The highest BCUT2D eigenvalue weighted by Gasteiger charge is 2.49. The molecule has 0 saturated carbocycles. The maximum atomic E-state index is 13.3. The smallest absolute Gasteiger partial charge is 0.329 e. The first-order valence-electron chi connectivity index (χ1n) is 10.2. The lowest BCUT2D eigenvalue weighted by Crippen LogP contribution is -2.60. The predicted octanol–water partition coefficient (Wildman–Crippen LogP) is 0.912. The average Bonchev–Trinajstić information content (AvgIpc) is 3.10. The van der Waals surface area contributed by atoms with Gasteiger partial charge in [0, 0.05) is 32.7 Å². The highest BCUT2D eigenvalue weighted by atomic mass is 19.4. The molecule has 2 aliphatic heterocycles. The van der Waals surface area contributed by atoms with Gasteiger partial charge in [0.1, 0.15) is 17.9 Å². The molecule has 174 valence electrons. The molecule has 12 heteroatoms. The Kier molecular flexibility index (Phi) is 6.26. The Labute approximate surface area is 187 Å². The number of nitrogens with one attached hydrogen (secondary N) is 1. The zero-order valence-corrected chi connectivity index (χ0v) is 17.5. The van der Waals surface area contributed by atoms with Crippen molar-refractivity contribution in [1.82, 2.24) is 20.0 Å². The van der Waals surface area contributed by atoms with Crippen LogP contribution in [-0.2, 0) is 22.7 Å². The zero-order chi connectivity index (χ0) is 23.6. The van der Waals surface area contributed by atoms with E-state index < -0.39 is 24.0 Å². The summed E-state index contributed by atoms with van der Waals surface area (Å²) in [7, 11) is 0. The summed E-state index contributed by atoms with van der Waals surface area (Å²) in [6.07, 6.45) is 0.330. The van der Waals surface area contributed by atoms with Crippen LogP contribution >= 0.6 is 0 Å². The van der Waals surface area contributed by atoms with E-state index in [1.807, 2.05) is 35.2 Å². The Hall–Kier alpha value is -3.56. The number of hydroxylamine groups is 1. The van der Waals surface area contributed by atoms with Gasteiger partial charge in [0.2, 0.25) is 0 Å². The lowest BCUT2D eigenvalue weighted by Gasteiger charge is -2.41. The van der Waals surface area contributed by atoms with Gasteiger partial charge in [-0.2, -0.15) is 23.3 Å². The van der Waals surface area contributed by atoms with Crippen LogP contribution in [0.1, 0.15) is 5.56 Å². The molecule has 0 spiro atoms. The molecule has 2 aliphatic rings. The molecule has 0 bridgehead atoms. The molecule has 1 saturated heterocycles. The van der Waals surface area contributed by atoms with E-state index in [-0.39, 0.29) is 24.5 Å². The van der Waals surface area contributed by atoms with Crippen molar-refractivity contribution in [1.29, 1.82) is 0 Å². The van der Waals surface area contributed by atoms with Crippen molar-refractivity contribution in [2.75, 3.05) is 36.1 Å². The normalized spacial score (nSPS) is 18.7. The van der Waals surface area contributed by atoms with Crippen molar-refractivity contribution in [2.45, 2.75) is 25.6 Å². The van der Waals surface area contributed by atoms with Gasteiger partial charge < -0.3 is 15.1 Å². The van der Waals surface area contributed by atoms with Gasteiger partial charge in [0.15, 0.2) is 6.29 Å². The molecule has 1 fully saturated rings. The van der Waals surface area contributed by atoms with Crippen LogP contribution in [0.2, 0.25) is 0 Å². The SMILES string of the molecule is C#CCn1ncc2c(c1=O)N(Cc1ccccc1)C(N1CCNCC1)N2OC(=O)C(F)(F)F. The number of hydrogen-bond donors (Lipinski definition) is 1. The summed E-state index contributed by atoms with van der Waals surface area (Å²) in [5.41, 5.74) is 0.243. The molecule has 1 atom stereocenters. The van der Waals surface area contributed by atoms with Crippen LogP contribution < -0.4 is 20.8 Å². The summed E-state index contributed by atoms with van der Waals surface area (Å²) in [6, 6.07) is 9.13. The number of halogens is 3. The minimum atomic E-state index is -5.22. The number of anilines is 2. The number of rotatable bonds is 5. The number of carbonyl (C=O) groups excluding carboxylic acids is 1. The van der Waals surface area contributed by atoms with Crippen molar-refractivity contribution < 1.29 is 22.8 Å². The number of carbonyl (C=O) groups is 1. The fourth-order valence-electron chi connectivity index (χ4n) is 3.90. The lowest BCUT2D eigenvalue weighted by molar-refractivity contribution is -0.203. The minimum Gasteiger partial charge on any atom is -0.329 e. The molecule has 1 aromatic heterocycles. The van der Waals surface area contributed by atoms with E-state index >= 15 is 0 Å². The van der Waals surface area contributed by atoms with Crippen molar-refractivity contribution >= 4 is 17.3 Å². The van der Waals surface area contributed by atoms with E-state index in [2.05, 4.69) is 16.3 Å². The monoisotopic (exact) mass is 462 g/mol. The second-order valence-corrected chi connectivity index (χ2v) is 7.49. The third-order valence-electron chi connectivity index (χ3n) is 5.34. The highest BCUT2D eigenvalue weighted by Crippen LogP contribution is 2.39. The summed E-state index contributed by atoms with van der Waals surface area (Å²) in [6.45, 7) is 2.12. The van der Waals surface area contributed by atoms with E-state index in [0.717, 1.165) is 15.3 Å². The van der Waals surface area contributed by atoms with E-state index in [0.29, 0.717) is 26.2 Å². The standard InChI is InChI=1S/C21H21F3N6O3/c1-2-10-29-18(31)17-16(13-26-29)30(33-19(32)21(22,23)24)20(27-11-8-25-9-12-27)28(17)14-15-6-4-3-5-7-15/h1,3-7,13,20,25H,8-12,14H2. The lowest BCUT2D eigenvalue weighted by atomic mass is 10.2. The Bertz CT molecular complexity index is 1110. The van der Waals surface area contributed by atoms with E-state index in [4.69, 9.17) is 11.3 Å². The third kappa shape index (κ3) is 4.50. The summed E-state index contributed by atoms with van der Waals surface area (Å²) in [4.78, 5) is 33.4. The van der Waals surface area contributed by atoms with Gasteiger partial charge >= 0.3 is 12.1 Å². The Morgan fingerprint density at radius 2 is 1.94 bits per heavy atom. The number of aromatic nitrogens is 2. The predicted molar refractivity (Wildman–Crippen MR) is 113 cm³/mol. The molecule has 4 rings (SSSR count). The number of hydrogen-bond acceptors (Lipinski definition) is 8. The summed E-state index contributed by atoms with van der Waals surface area (Å²) in [5, 5.41) is 7.97. The fourth-order valence-corrected chi connectivity index (χ4v) is 3.90. The van der Waals surface area contributed by atoms with Crippen LogP contribution in [-0.4, -0.2) is 59.3 Å². The van der Waals surface area contributed by atoms with Crippen LogP contribution in [0.25, 0.3) is 0 Å². The molecule has 3 heterocycles. The number of benzene rings is 1. The van der Waals surface area contributed by atoms with Crippen LogP contribution in [0.4, 0.5) is 24.5 Å². The molecule has 0 aliphatic carbocycles. The van der Waals surface area contributed by atoms with E-state index in [1.54, 1.807) is 4.90 Å². The molecule has 33 heavy (non-hydrogen) atoms. The van der Waals surface area contributed by atoms with E-state index in [1.165, 1.54) is 6.20 Å². The molecular formula is C21H21F3N6O3. The second-order valence-electron chi connectivity index (χ2n) is 7.49. The average molecular weight is 462 g/mol. The quantitative estimate of drug-likeness (QED) is 0.657. The van der Waals surface area contributed by atoms with Gasteiger partial charge in [-0.3, -0.25) is 9.69 Å². The topological polar surface area (TPSA) is 82.9 Å². The summed E-state index contributed by atoms with van der Waals surface area (Å²) in [5.74, 6) is -0.0522. The van der Waals surface area contributed by atoms with Crippen LogP contribution in [0.3, 0.4) is 0 Å². The molecular weight excluding hydrogens is 441 g/mol. The first kappa shape index (κ1) is 22.6. The molecule has 0 radical (unpaired) electrons.